The molecule has 1 saturated heterocycles. The predicted molar refractivity (Wildman–Crippen MR) is 128 cm³/mol. The molecule has 2 aromatic heterocycles. The Balaban J connectivity index is 1.44. The van der Waals surface area contributed by atoms with Crippen molar-refractivity contribution < 1.29 is 8.42 Å². The summed E-state index contributed by atoms with van der Waals surface area (Å²) in [5.41, 5.74) is 3.39. The number of piperidine rings is 1. The third kappa shape index (κ3) is 4.26. The zero-order valence-electron chi connectivity index (χ0n) is 19.1. The highest BCUT2D eigenvalue weighted by Gasteiger charge is 2.32. The number of nitrogens with one attached hydrogen (secondary N) is 1. The fourth-order valence-electron chi connectivity index (χ4n) is 4.29. The maximum absolute atomic E-state index is 13.2. The van der Waals surface area contributed by atoms with Gasteiger partial charge in [0.25, 0.3) is 5.56 Å². The summed E-state index contributed by atoms with van der Waals surface area (Å²) in [5.74, 6) is 0.238. The summed E-state index contributed by atoms with van der Waals surface area (Å²) in [7, 11) is -3.63. The number of H-pyrrole nitrogens is 1. The van der Waals surface area contributed by atoms with Crippen molar-refractivity contribution >= 4 is 21.2 Å². The van der Waals surface area contributed by atoms with E-state index in [1.54, 1.807) is 28.9 Å². The van der Waals surface area contributed by atoms with Gasteiger partial charge in [0.05, 0.1) is 11.4 Å². The van der Waals surface area contributed by atoms with Crippen molar-refractivity contribution in [3.05, 3.63) is 81.4 Å². The molecule has 0 bridgehead atoms. The number of fused-ring (bicyclic) bond motifs is 1. The molecule has 0 saturated carbocycles. The third-order valence-electron chi connectivity index (χ3n) is 6.27. The fraction of sp³-hybridized carbons (Fsp3) is 0.333. The predicted octanol–water partition coefficient (Wildman–Crippen LogP) is 2.75. The normalized spacial score (nSPS) is 17.3. The first-order valence-corrected chi connectivity index (χ1v) is 12.7. The molecule has 4 aromatic rings. The van der Waals surface area contributed by atoms with E-state index in [2.05, 4.69) is 15.3 Å². The Labute approximate surface area is 197 Å². The molecule has 1 fully saturated rings. The topological polar surface area (TPSA) is 114 Å². The Hall–Kier alpha value is -3.37. The lowest BCUT2D eigenvalue weighted by Gasteiger charge is -2.31. The first kappa shape index (κ1) is 22.4. The summed E-state index contributed by atoms with van der Waals surface area (Å²) in [6.07, 6.45) is 1.41. The van der Waals surface area contributed by atoms with Gasteiger partial charge in [-0.15, -0.1) is 5.10 Å². The lowest BCUT2D eigenvalue weighted by Crippen LogP contribution is -2.39. The van der Waals surface area contributed by atoms with E-state index in [1.807, 2.05) is 38.1 Å². The van der Waals surface area contributed by atoms with Crippen LogP contribution in [0.4, 0.5) is 0 Å². The molecule has 176 valence electrons. The third-order valence-corrected chi connectivity index (χ3v) is 8.15. The molecule has 0 aliphatic carbocycles. The molecule has 9 nitrogen and oxygen atoms in total. The van der Waals surface area contributed by atoms with Gasteiger partial charge < -0.3 is 4.98 Å². The van der Waals surface area contributed by atoms with E-state index >= 15 is 0 Å². The Bertz CT molecular complexity index is 1490. The molecule has 2 aromatic carbocycles. The molecule has 3 heterocycles. The summed E-state index contributed by atoms with van der Waals surface area (Å²) in [6, 6.07) is 14.9. The zero-order valence-corrected chi connectivity index (χ0v) is 19.9. The maximum Gasteiger partial charge on any atom is 0.281 e. The number of nitrogens with zero attached hydrogens (tertiary/aromatic N) is 5. The van der Waals surface area contributed by atoms with Gasteiger partial charge >= 0.3 is 0 Å². The number of aromatic nitrogens is 5. The van der Waals surface area contributed by atoms with Crippen molar-refractivity contribution in [3.8, 4) is 0 Å². The van der Waals surface area contributed by atoms with Crippen molar-refractivity contribution in [2.45, 2.75) is 44.0 Å². The van der Waals surface area contributed by atoms with Crippen LogP contribution in [0.1, 0.15) is 41.3 Å². The van der Waals surface area contributed by atoms with Crippen LogP contribution in [0.15, 0.2) is 58.2 Å². The van der Waals surface area contributed by atoms with Crippen LogP contribution in [0, 0.1) is 13.8 Å². The van der Waals surface area contributed by atoms with Crippen LogP contribution in [0.3, 0.4) is 0 Å². The average Bonchev–Trinajstić information content (AvgIpc) is 3.24. The number of hydrogen-bond donors (Lipinski definition) is 1. The summed E-state index contributed by atoms with van der Waals surface area (Å²) >= 11 is 0. The van der Waals surface area contributed by atoms with E-state index in [9.17, 15) is 13.2 Å². The molecule has 0 amide bonds. The van der Waals surface area contributed by atoms with Gasteiger partial charge in [-0.25, -0.2) is 18.1 Å². The molecule has 1 atom stereocenters. The summed E-state index contributed by atoms with van der Waals surface area (Å²) in [6.45, 7) is 5.07. The van der Waals surface area contributed by atoms with E-state index in [-0.39, 0.29) is 28.4 Å². The maximum atomic E-state index is 13.2. The van der Waals surface area contributed by atoms with Crippen LogP contribution in [0.2, 0.25) is 0 Å². The number of benzene rings is 2. The number of aryl methyl sites for hydroxylation is 2. The summed E-state index contributed by atoms with van der Waals surface area (Å²) in [4.78, 5) is 20.5. The van der Waals surface area contributed by atoms with Crippen LogP contribution in [0.25, 0.3) is 11.2 Å². The number of rotatable bonds is 5. The monoisotopic (exact) mass is 478 g/mol. The van der Waals surface area contributed by atoms with Crippen molar-refractivity contribution in [2.75, 3.05) is 13.1 Å². The zero-order chi connectivity index (χ0) is 23.9. The first-order valence-electron chi connectivity index (χ1n) is 11.3. The van der Waals surface area contributed by atoms with Gasteiger partial charge in [0.1, 0.15) is 5.82 Å². The highest BCUT2D eigenvalue weighted by atomic mass is 32.2. The molecule has 1 N–H and O–H groups in total. The minimum atomic E-state index is -3.63. The van der Waals surface area contributed by atoms with Gasteiger partial charge in [0.15, 0.2) is 11.2 Å². The van der Waals surface area contributed by atoms with Gasteiger partial charge in [0, 0.05) is 19.0 Å². The second-order valence-corrected chi connectivity index (χ2v) is 10.8. The minimum Gasteiger partial charge on any atom is -0.308 e. The molecule has 0 unspecified atom stereocenters. The fourth-order valence-corrected chi connectivity index (χ4v) is 5.82. The van der Waals surface area contributed by atoms with Crippen LogP contribution < -0.4 is 5.56 Å². The molecule has 10 heteroatoms. The van der Waals surface area contributed by atoms with E-state index in [1.165, 1.54) is 4.31 Å². The molecule has 5 rings (SSSR count). The minimum absolute atomic E-state index is 0.177. The van der Waals surface area contributed by atoms with Crippen molar-refractivity contribution in [3.63, 3.8) is 0 Å². The SMILES string of the molecule is Cc1ccc(Cn2nnc3c(=O)[nH]c([C@H]4CCCN(S(=O)(=O)c5ccc(C)cc5)C4)nc32)cc1. The molecule has 34 heavy (non-hydrogen) atoms. The van der Waals surface area contributed by atoms with Crippen LogP contribution in [0.5, 0.6) is 0 Å². The smallest absolute Gasteiger partial charge is 0.281 e. The van der Waals surface area contributed by atoms with Crippen LogP contribution in [-0.2, 0) is 16.6 Å². The van der Waals surface area contributed by atoms with E-state index in [0.29, 0.717) is 31.0 Å². The Kier molecular flexibility index (Phi) is 5.78. The number of hydrogen-bond acceptors (Lipinski definition) is 6. The Morgan fingerprint density at radius 1 is 1.03 bits per heavy atom. The second kappa shape index (κ2) is 8.77. The molecule has 0 radical (unpaired) electrons. The van der Waals surface area contributed by atoms with E-state index in [4.69, 9.17) is 4.98 Å². The van der Waals surface area contributed by atoms with Crippen molar-refractivity contribution in [2.24, 2.45) is 0 Å². The highest BCUT2D eigenvalue weighted by molar-refractivity contribution is 7.89. The summed E-state index contributed by atoms with van der Waals surface area (Å²) in [5, 5.41) is 8.16. The Morgan fingerprint density at radius 2 is 1.71 bits per heavy atom. The summed E-state index contributed by atoms with van der Waals surface area (Å²) < 4.78 is 29.5. The van der Waals surface area contributed by atoms with Crippen LogP contribution in [-0.4, -0.2) is 50.8 Å². The molecular formula is C24H26N6O3S. The standard InChI is InChI=1S/C24H26N6O3S/c1-16-5-9-18(10-6-16)14-30-23-21(27-28-30)24(31)26-22(25-23)19-4-3-13-29(15-19)34(32,33)20-11-7-17(2)8-12-20/h5-12,19H,3-4,13-15H2,1-2H3,(H,25,26,31)/t19-/m0/s1. The van der Waals surface area contributed by atoms with Crippen LogP contribution >= 0.6 is 0 Å². The number of sulfonamides is 1. The van der Waals surface area contributed by atoms with E-state index in [0.717, 1.165) is 23.1 Å². The first-order chi connectivity index (χ1) is 16.3. The largest absolute Gasteiger partial charge is 0.308 e. The number of aromatic amines is 1. The molecule has 0 spiro atoms. The van der Waals surface area contributed by atoms with Gasteiger partial charge in [-0.2, -0.15) is 4.31 Å². The molecule has 1 aliphatic heterocycles. The second-order valence-electron chi connectivity index (χ2n) is 8.87. The van der Waals surface area contributed by atoms with Crippen molar-refractivity contribution in [1.29, 1.82) is 0 Å². The highest BCUT2D eigenvalue weighted by Crippen LogP contribution is 2.29. The van der Waals surface area contributed by atoms with Gasteiger partial charge in [-0.3, -0.25) is 4.79 Å². The average molecular weight is 479 g/mol. The van der Waals surface area contributed by atoms with Gasteiger partial charge in [0.2, 0.25) is 10.0 Å². The lowest BCUT2D eigenvalue weighted by atomic mass is 9.99. The lowest BCUT2D eigenvalue weighted by molar-refractivity contribution is 0.309. The molecule has 1 aliphatic rings. The van der Waals surface area contributed by atoms with E-state index < -0.39 is 10.0 Å². The van der Waals surface area contributed by atoms with Gasteiger partial charge in [-0.05, 0) is 44.4 Å². The van der Waals surface area contributed by atoms with Crippen molar-refractivity contribution in [1.82, 2.24) is 29.3 Å². The quantitative estimate of drug-likeness (QED) is 0.472. The van der Waals surface area contributed by atoms with Gasteiger partial charge in [-0.1, -0.05) is 52.7 Å². The Morgan fingerprint density at radius 3 is 2.41 bits per heavy atom. The molecular weight excluding hydrogens is 452 g/mol.